The van der Waals surface area contributed by atoms with Gasteiger partial charge in [-0.3, -0.25) is 14.5 Å². The highest BCUT2D eigenvalue weighted by Crippen LogP contribution is 2.49. The van der Waals surface area contributed by atoms with Crippen molar-refractivity contribution in [1.29, 1.82) is 0 Å². The molecule has 0 radical (unpaired) electrons. The van der Waals surface area contributed by atoms with Crippen LogP contribution in [-0.2, 0) is 16.1 Å². The fourth-order valence-corrected chi connectivity index (χ4v) is 5.13. The molecule has 6 nitrogen and oxygen atoms in total. The van der Waals surface area contributed by atoms with Crippen LogP contribution in [0.5, 0.6) is 5.75 Å². The predicted molar refractivity (Wildman–Crippen MR) is 126 cm³/mol. The number of benzene rings is 2. The van der Waals surface area contributed by atoms with Crippen LogP contribution in [0.1, 0.15) is 45.6 Å². The lowest BCUT2D eigenvalue weighted by Gasteiger charge is -2.47. The van der Waals surface area contributed by atoms with Crippen molar-refractivity contribution in [2.45, 2.75) is 70.2 Å². The molecule has 35 heavy (non-hydrogen) atoms. The summed E-state index contributed by atoms with van der Waals surface area (Å²) < 4.78 is 48.8. The Hall–Kier alpha value is -3.07. The molecule has 2 aromatic rings. The van der Waals surface area contributed by atoms with Crippen molar-refractivity contribution < 1.29 is 32.6 Å². The van der Waals surface area contributed by atoms with Gasteiger partial charge in [-0.1, -0.05) is 18.2 Å². The number of hydrogen-bond donors (Lipinski definition) is 1. The first-order chi connectivity index (χ1) is 16.5. The molecule has 2 fully saturated rings. The number of carbonyl (C=O) groups is 2. The molecular formula is C26H31F3N2O4. The van der Waals surface area contributed by atoms with Crippen molar-refractivity contribution in [3.8, 4) is 5.75 Å². The predicted octanol–water partition coefficient (Wildman–Crippen LogP) is 5.11. The summed E-state index contributed by atoms with van der Waals surface area (Å²) in [6.07, 6.45) is 0.338. The molecule has 0 saturated carbocycles. The minimum Gasteiger partial charge on any atom is -0.491 e. The summed E-state index contributed by atoms with van der Waals surface area (Å²) in [6.45, 7) is 6.92. The van der Waals surface area contributed by atoms with E-state index in [4.69, 9.17) is 14.6 Å². The third kappa shape index (κ3) is 5.96. The van der Waals surface area contributed by atoms with Crippen molar-refractivity contribution in [3.63, 3.8) is 0 Å². The Kier molecular flexibility index (Phi) is 8.10. The van der Waals surface area contributed by atoms with Gasteiger partial charge in [0.05, 0.1) is 11.6 Å². The fraction of sp³-hybridized carbons (Fsp3) is 0.462. The normalized spacial score (nSPS) is 23.8. The maximum absolute atomic E-state index is 14.6. The van der Waals surface area contributed by atoms with E-state index < -0.39 is 29.6 Å². The quantitative estimate of drug-likeness (QED) is 0.588. The number of likely N-dealkylation sites (tertiary alicyclic amines) is 1. The molecule has 2 aliphatic heterocycles. The van der Waals surface area contributed by atoms with E-state index in [2.05, 4.69) is 4.90 Å². The topological polar surface area (TPSA) is 70.1 Å². The van der Waals surface area contributed by atoms with Gasteiger partial charge in [0.25, 0.3) is 12.4 Å². The molecule has 1 amide bonds. The molecular weight excluding hydrogens is 461 g/mol. The number of nitrogens with zero attached hydrogens (tertiary/aromatic N) is 2. The SMILES string of the molecule is CC(C)Oc1cccc(CN2CC[C@@]3(C[C@@H]2C)CC(F)(F)C(=O)N3c2cccc(F)c2)c1.O=CO. The highest BCUT2D eigenvalue weighted by atomic mass is 19.3. The summed E-state index contributed by atoms with van der Waals surface area (Å²) in [5.74, 6) is -4.43. The summed E-state index contributed by atoms with van der Waals surface area (Å²) in [7, 11) is 0. The van der Waals surface area contributed by atoms with Crippen LogP contribution >= 0.6 is 0 Å². The number of alkyl halides is 2. The van der Waals surface area contributed by atoms with Crippen LogP contribution in [0.15, 0.2) is 48.5 Å². The van der Waals surface area contributed by atoms with Gasteiger partial charge in [0.1, 0.15) is 11.6 Å². The van der Waals surface area contributed by atoms with Crippen LogP contribution in [0.25, 0.3) is 0 Å². The minimum atomic E-state index is -3.45. The van der Waals surface area contributed by atoms with Crippen molar-refractivity contribution in [1.82, 2.24) is 4.90 Å². The van der Waals surface area contributed by atoms with Gasteiger partial charge in [-0.05, 0) is 69.5 Å². The fourth-order valence-electron chi connectivity index (χ4n) is 5.13. The number of rotatable bonds is 5. The largest absolute Gasteiger partial charge is 0.491 e. The van der Waals surface area contributed by atoms with Crippen molar-refractivity contribution >= 4 is 18.1 Å². The lowest BCUT2D eigenvalue weighted by molar-refractivity contribution is -0.138. The summed E-state index contributed by atoms with van der Waals surface area (Å²) in [4.78, 5) is 24.4. The third-order valence-corrected chi connectivity index (χ3v) is 6.43. The smallest absolute Gasteiger partial charge is 0.327 e. The Morgan fingerprint density at radius 1 is 1.20 bits per heavy atom. The standard InChI is InChI=1S/C25H29F3N2O2.CH2O2/c1-17(2)32-22-9-4-6-19(12-22)15-29-11-10-24(14-18(29)3)16-25(27,28)23(31)30(24)21-8-5-7-20(26)13-21;2-1-3/h4-9,12-13,17-18H,10-11,14-16H2,1-3H3;1H,(H,2,3)/t18-,24+;/m0./s1. The van der Waals surface area contributed by atoms with E-state index in [1.54, 1.807) is 0 Å². The van der Waals surface area contributed by atoms with Gasteiger partial charge in [-0.25, -0.2) is 4.39 Å². The Bertz CT molecular complexity index is 1050. The second kappa shape index (κ2) is 10.7. The molecule has 1 N–H and O–H groups in total. The zero-order valence-corrected chi connectivity index (χ0v) is 20.1. The van der Waals surface area contributed by atoms with E-state index >= 15 is 0 Å². The van der Waals surface area contributed by atoms with Crippen molar-refractivity contribution in [3.05, 3.63) is 59.9 Å². The summed E-state index contributed by atoms with van der Waals surface area (Å²) >= 11 is 0. The first kappa shape index (κ1) is 26.5. The number of carbonyl (C=O) groups excluding carboxylic acids is 1. The van der Waals surface area contributed by atoms with E-state index in [9.17, 15) is 18.0 Å². The van der Waals surface area contributed by atoms with Gasteiger partial charge in [0, 0.05) is 31.2 Å². The second-order valence-electron chi connectivity index (χ2n) is 9.42. The first-order valence-corrected chi connectivity index (χ1v) is 11.6. The number of ether oxygens (including phenoxy) is 1. The van der Waals surface area contributed by atoms with E-state index in [-0.39, 0.29) is 24.3 Å². The highest BCUT2D eigenvalue weighted by Gasteiger charge is 2.62. The molecule has 1 spiro atoms. The minimum absolute atomic E-state index is 0.0313. The maximum atomic E-state index is 14.6. The monoisotopic (exact) mass is 492 g/mol. The molecule has 0 aromatic heterocycles. The van der Waals surface area contributed by atoms with Crippen molar-refractivity contribution in [2.24, 2.45) is 0 Å². The molecule has 2 aliphatic rings. The van der Waals surface area contributed by atoms with E-state index in [0.717, 1.165) is 17.4 Å². The molecule has 4 rings (SSSR count). The zero-order valence-electron chi connectivity index (χ0n) is 20.1. The Morgan fingerprint density at radius 2 is 1.89 bits per heavy atom. The maximum Gasteiger partial charge on any atom is 0.327 e. The molecule has 9 heteroatoms. The van der Waals surface area contributed by atoms with Gasteiger partial charge in [-0.15, -0.1) is 0 Å². The average Bonchev–Trinajstić information content (AvgIpc) is 2.95. The average molecular weight is 493 g/mol. The van der Waals surface area contributed by atoms with E-state index in [1.807, 2.05) is 45.0 Å². The molecule has 2 heterocycles. The number of amides is 1. The number of anilines is 1. The summed E-state index contributed by atoms with van der Waals surface area (Å²) in [5, 5.41) is 6.89. The molecule has 0 aliphatic carbocycles. The Labute approximate surface area is 203 Å². The summed E-state index contributed by atoms with van der Waals surface area (Å²) in [6, 6.07) is 13.3. The third-order valence-electron chi connectivity index (χ3n) is 6.43. The van der Waals surface area contributed by atoms with Crippen LogP contribution in [0.2, 0.25) is 0 Å². The number of hydrogen-bond acceptors (Lipinski definition) is 4. The zero-order chi connectivity index (χ0) is 25.8. The number of piperidine rings is 1. The summed E-state index contributed by atoms with van der Waals surface area (Å²) in [5.41, 5.74) is 0.263. The lowest BCUT2D eigenvalue weighted by atomic mass is 9.80. The van der Waals surface area contributed by atoms with Crippen LogP contribution < -0.4 is 9.64 Å². The highest BCUT2D eigenvalue weighted by molar-refractivity contribution is 6.02. The van der Waals surface area contributed by atoms with E-state index in [0.29, 0.717) is 25.9 Å². The van der Waals surface area contributed by atoms with E-state index in [1.165, 1.54) is 23.1 Å². The second-order valence-corrected chi connectivity index (χ2v) is 9.42. The van der Waals surface area contributed by atoms with Crippen LogP contribution in [0, 0.1) is 5.82 Å². The Morgan fingerprint density at radius 3 is 2.51 bits per heavy atom. The van der Waals surface area contributed by atoms with Crippen LogP contribution in [-0.4, -0.2) is 52.5 Å². The van der Waals surface area contributed by atoms with Gasteiger partial charge < -0.3 is 14.7 Å². The van der Waals surface area contributed by atoms with Crippen molar-refractivity contribution in [2.75, 3.05) is 11.4 Å². The molecule has 190 valence electrons. The van der Waals surface area contributed by atoms with Gasteiger partial charge in [0.2, 0.25) is 0 Å². The molecule has 0 bridgehead atoms. The van der Waals surface area contributed by atoms with Gasteiger partial charge in [-0.2, -0.15) is 8.78 Å². The molecule has 2 saturated heterocycles. The lowest BCUT2D eigenvalue weighted by Crippen LogP contribution is -2.56. The number of carboxylic acid groups (broad SMARTS) is 1. The van der Waals surface area contributed by atoms with Crippen LogP contribution in [0.4, 0.5) is 18.9 Å². The first-order valence-electron chi connectivity index (χ1n) is 11.6. The van der Waals surface area contributed by atoms with Gasteiger partial charge in [0.15, 0.2) is 0 Å². The Balaban J connectivity index is 0.00000108. The van der Waals surface area contributed by atoms with Gasteiger partial charge >= 0.3 is 5.92 Å². The number of halogens is 3. The molecule has 0 unspecified atom stereocenters. The molecule has 2 aromatic carbocycles. The van der Waals surface area contributed by atoms with Crippen LogP contribution in [0.3, 0.4) is 0 Å². The molecule has 2 atom stereocenters.